The molecule has 2 aromatic carbocycles. The lowest BCUT2D eigenvalue weighted by molar-refractivity contribution is 0.0956. The van der Waals surface area contributed by atoms with Crippen LogP contribution in [0.15, 0.2) is 47.0 Å². The highest BCUT2D eigenvalue weighted by atomic mass is 16.5. The number of hydrogen-bond acceptors (Lipinski definition) is 6. The first-order chi connectivity index (χ1) is 16.5. The molecule has 0 saturated carbocycles. The van der Waals surface area contributed by atoms with Gasteiger partial charge in [-0.25, -0.2) is 0 Å². The number of ether oxygens (including phenoxy) is 1. The Bertz CT molecular complexity index is 1150. The predicted octanol–water partition coefficient (Wildman–Crippen LogP) is 4.83. The van der Waals surface area contributed by atoms with E-state index in [1.165, 1.54) is 5.56 Å². The standard InChI is InChI=1S/C27H32N4O3/c1-4-28-26(32)20-7-5-18(6-8-20)21-9-10-23-22(15-21)16-24(33-23)19-11-13-31(14-12-19)27-29-25(17(2)3)30-34-27/h5-10,15,17,19,24H,4,11-14,16H2,1-3H3,(H,28,32). The normalized spacial score (nSPS) is 18.1. The van der Waals surface area contributed by atoms with E-state index in [1.54, 1.807) is 0 Å². The lowest BCUT2D eigenvalue weighted by Gasteiger charge is -2.33. The van der Waals surface area contributed by atoms with Gasteiger partial charge in [0.2, 0.25) is 0 Å². The van der Waals surface area contributed by atoms with Crippen molar-refractivity contribution in [2.24, 2.45) is 5.92 Å². The zero-order chi connectivity index (χ0) is 23.7. The first-order valence-electron chi connectivity index (χ1n) is 12.3. The maximum Gasteiger partial charge on any atom is 0.324 e. The van der Waals surface area contributed by atoms with E-state index in [1.807, 2.05) is 31.2 Å². The highest BCUT2D eigenvalue weighted by Gasteiger charge is 2.34. The minimum Gasteiger partial charge on any atom is -0.490 e. The molecule has 178 valence electrons. The maximum atomic E-state index is 12.0. The molecular formula is C27H32N4O3. The summed E-state index contributed by atoms with van der Waals surface area (Å²) in [4.78, 5) is 18.8. The minimum absolute atomic E-state index is 0.0373. The third kappa shape index (κ3) is 4.52. The first-order valence-corrected chi connectivity index (χ1v) is 12.3. The Balaban J connectivity index is 1.21. The molecule has 1 atom stereocenters. The molecule has 1 aromatic heterocycles. The predicted molar refractivity (Wildman–Crippen MR) is 131 cm³/mol. The second kappa shape index (κ2) is 9.49. The zero-order valence-corrected chi connectivity index (χ0v) is 20.1. The molecule has 0 radical (unpaired) electrons. The van der Waals surface area contributed by atoms with E-state index >= 15 is 0 Å². The van der Waals surface area contributed by atoms with Crippen LogP contribution in [-0.4, -0.2) is 41.8 Å². The fourth-order valence-corrected chi connectivity index (χ4v) is 4.85. The van der Waals surface area contributed by atoms with Crippen molar-refractivity contribution in [1.29, 1.82) is 0 Å². The summed E-state index contributed by atoms with van der Waals surface area (Å²) in [7, 11) is 0. The monoisotopic (exact) mass is 460 g/mol. The molecule has 5 rings (SSSR count). The van der Waals surface area contributed by atoms with Gasteiger partial charge in [-0.3, -0.25) is 4.79 Å². The van der Waals surface area contributed by atoms with Gasteiger partial charge >= 0.3 is 6.01 Å². The van der Waals surface area contributed by atoms with Gasteiger partial charge < -0.3 is 19.5 Å². The van der Waals surface area contributed by atoms with Crippen LogP contribution >= 0.6 is 0 Å². The minimum atomic E-state index is -0.0373. The second-order valence-electron chi connectivity index (χ2n) is 9.53. The fraction of sp³-hybridized carbons (Fsp3) is 0.444. The number of piperidine rings is 1. The van der Waals surface area contributed by atoms with Gasteiger partial charge in [0.25, 0.3) is 5.91 Å². The van der Waals surface area contributed by atoms with Crippen LogP contribution < -0.4 is 15.0 Å². The van der Waals surface area contributed by atoms with Crippen LogP contribution in [0.4, 0.5) is 6.01 Å². The van der Waals surface area contributed by atoms with Crippen molar-refractivity contribution in [3.63, 3.8) is 0 Å². The van der Waals surface area contributed by atoms with Crippen molar-refractivity contribution in [2.75, 3.05) is 24.5 Å². The quantitative estimate of drug-likeness (QED) is 0.568. The van der Waals surface area contributed by atoms with E-state index < -0.39 is 0 Å². The summed E-state index contributed by atoms with van der Waals surface area (Å²) in [5, 5.41) is 6.94. The molecule has 3 heterocycles. The second-order valence-corrected chi connectivity index (χ2v) is 9.53. The number of rotatable bonds is 6. The molecular weight excluding hydrogens is 428 g/mol. The van der Waals surface area contributed by atoms with Gasteiger partial charge in [-0.1, -0.05) is 37.2 Å². The molecule has 34 heavy (non-hydrogen) atoms. The number of nitrogens with one attached hydrogen (secondary N) is 1. The molecule has 2 aliphatic rings. The van der Waals surface area contributed by atoms with E-state index in [2.05, 4.69) is 52.4 Å². The fourth-order valence-electron chi connectivity index (χ4n) is 4.85. The van der Waals surface area contributed by atoms with E-state index in [0.29, 0.717) is 24.0 Å². The summed E-state index contributed by atoms with van der Waals surface area (Å²) in [5.74, 6) is 2.50. The molecule has 3 aromatic rings. The van der Waals surface area contributed by atoms with Crippen molar-refractivity contribution in [2.45, 2.75) is 52.1 Å². The lowest BCUT2D eigenvalue weighted by atomic mass is 9.88. The van der Waals surface area contributed by atoms with Gasteiger partial charge in [-0.15, -0.1) is 0 Å². The van der Waals surface area contributed by atoms with Crippen molar-refractivity contribution < 1.29 is 14.1 Å². The zero-order valence-electron chi connectivity index (χ0n) is 20.1. The molecule has 1 N–H and O–H groups in total. The van der Waals surface area contributed by atoms with Crippen LogP contribution in [0.3, 0.4) is 0 Å². The Kier molecular flexibility index (Phi) is 6.26. The van der Waals surface area contributed by atoms with Gasteiger partial charge in [-0.05, 0) is 66.6 Å². The highest BCUT2D eigenvalue weighted by molar-refractivity contribution is 5.94. The molecule has 0 bridgehead atoms. The van der Waals surface area contributed by atoms with E-state index in [-0.39, 0.29) is 17.9 Å². The van der Waals surface area contributed by atoms with Crippen molar-refractivity contribution >= 4 is 11.9 Å². The number of aromatic nitrogens is 2. The van der Waals surface area contributed by atoms with Crippen LogP contribution in [0, 0.1) is 5.92 Å². The Morgan fingerprint density at radius 1 is 1.12 bits per heavy atom. The highest BCUT2D eigenvalue weighted by Crippen LogP contribution is 2.38. The number of amides is 1. The largest absolute Gasteiger partial charge is 0.490 e. The van der Waals surface area contributed by atoms with E-state index in [4.69, 9.17) is 9.26 Å². The number of nitrogens with zero attached hydrogens (tertiary/aromatic N) is 3. The summed E-state index contributed by atoms with van der Waals surface area (Å²) in [6.45, 7) is 8.51. The average molecular weight is 461 g/mol. The molecule has 1 fully saturated rings. The smallest absolute Gasteiger partial charge is 0.324 e. The van der Waals surface area contributed by atoms with Gasteiger partial charge in [0, 0.05) is 37.5 Å². The van der Waals surface area contributed by atoms with Crippen LogP contribution in [0.5, 0.6) is 5.75 Å². The number of carbonyl (C=O) groups is 1. The van der Waals surface area contributed by atoms with Crippen molar-refractivity contribution in [3.8, 4) is 16.9 Å². The van der Waals surface area contributed by atoms with Crippen molar-refractivity contribution in [1.82, 2.24) is 15.5 Å². The molecule has 1 amide bonds. The summed E-state index contributed by atoms with van der Waals surface area (Å²) < 4.78 is 11.8. The van der Waals surface area contributed by atoms with Crippen LogP contribution in [0.1, 0.15) is 61.3 Å². The molecule has 7 nitrogen and oxygen atoms in total. The molecule has 2 aliphatic heterocycles. The van der Waals surface area contributed by atoms with E-state index in [0.717, 1.165) is 55.1 Å². The Hall–Kier alpha value is -3.35. The third-order valence-corrected chi connectivity index (χ3v) is 6.86. The molecule has 0 spiro atoms. The maximum absolute atomic E-state index is 12.0. The number of hydrogen-bond donors (Lipinski definition) is 1. The first kappa shape index (κ1) is 22.4. The third-order valence-electron chi connectivity index (χ3n) is 6.86. The Morgan fingerprint density at radius 3 is 2.53 bits per heavy atom. The van der Waals surface area contributed by atoms with Crippen molar-refractivity contribution in [3.05, 3.63) is 59.4 Å². The summed E-state index contributed by atoms with van der Waals surface area (Å²) in [6.07, 6.45) is 3.24. The van der Waals surface area contributed by atoms with Gasteiger partial charge in [0.05, 0.1) is 0 Å². The number of carbonyl (C=O) groups excluding carboxylic acids is 1. The number of benzene rings is 2. The SMILES string of the molecule is CCNC(=O)c1ccc(-c2ccc3c(c2)CC(C2CCN(c4nc(C(C)C)no4)CC2)O3)cc1. The van der Waals surface area contributed by atoms with E-state index in [9.17, 15) is 4.79 Å². The van der Waals surface area contributed by atoms with Gasteiger partial charge in [-0.2, -0.15) is 4.98 Å². The van der Waals surface area contributed by atoms with Crippen LogP contribution in [0.2, 0.25) is 0 Å². The molecule has 1 unspecified atom stereocenters. The van der Waals surface area contributed by atoms with Gasteiger partial charge in [0.15, 0.2) is 5.82 Å². The topological polar surface area (TPSA) is 80.5 Å². The number of fused-ring (bicyclic) bond motifs is 1. The molecule has 7 heteroatoms. The lowest BCUT2D eigenvalue weighted by Crippen LogP contribution is -2.39. The molecule has 1 saturated heterocycles. The number of anilines is 1. The van der Waals surface area contributed by atoms with Crippen LogP contribution in [-0.2, 0) is 6.42 Å². The Labute approximate surface area is 200 Å². The summed E-state index contributed by atoms with van der Waals surface area (Å²) in [6, 6.07) is 14.9. The average Bonchev–Trinajstić information content (AvgIpc) is 3.52. The van der Waals surface area contributed by atoms with Gasteiger partial charge in [0.1, 0.15) is 11.9 Å². The van der Waals surface area contributed by atoms with Crippen LogP contribution in [0.25, 0.3) is 11.1 Å². The summed E-state index contributed by atoms with van der Waals surface area (Å²) in [5.41, 5.74) is 4.20. The Morgan fingerprint density at radius 2 is 1.85 bits per heavy atom. The summed E-state index contributed by atoms with van der Waals surface area (Å²) >= 11 is 0. The molecule has 0 aliphatic carbocycles.